The summed E-state index contributed by atoms with van der Waals surface area (Å²) < 4.78 is 0. The van der Waals surface area contributed by atoms with E-state index >= 15 is 0 Å². The number of nitrogens with zero attached hydrogens (tertiary/aromatic N) is 2. The Balaban J connectivity index is 1.62. The van der Waals surface area contributed by atoms with Crippen molar-refractivity contribution in [3.8, 4) is 27.6 Å². The molecule has 2 heterocycles. The summed E-state index contributed by atoms with van der Waals surface area (Å²) in [6.45, 7) is 0. The van der Waals surface area contributed by atoms with Crippen LogP contribution in [0, 0.1) is 0 Å². The minimum Gasteiger partial charge on any atom is -0.508 e. The molecule has 6 heteroatoms. The molecular weight excluding hydrogens is 414 g/mol. The number of fused-ring (bicyclic) bond motifs is 1. The summed E-state index contributed by atoms with van der Waals surface area (Å²) >= 11 is 7.59. The lowest BCUT2D eigenvalue weighted by Gasteiger charge is -2.13. The molecule has 5 rings (SSSR count). The number of hydrogen-bond donors (Lipinski definition) is 2. The van der Waals surface area contributed by atoms with Crippen molar-refractivity contribution in [2.24, 2.45) is 0 Å². The largest absolute Gasteiger partial charge is 0.508 e. The number of pyridine rings is 1. The summed E-state index contributed by atoms with van der Waals surface area (Å²) in [4.78, 5) is 9.50. The van der Waals surface area contributed by atoms with Crippen LogP contribution in [0.15, 0.2) is 84.4 Å². The summed E-state index contributed by atoms with van der Waals surface area (Å²) in [5, 5.41) is 17.7. The van der Waals surface area contributed by atoms with Crippen LogP contribution in [0.3, 0.4) is 0 Å². The fourth-order valence-electron chi connectivity index (χ4n) is 3.28. The van der Waals surface area contributed by atoms with Gasteiger partial charge in [-0.15, -0.1) is 11.3 Å². The van der Waals surface area contributed by atoms with Gasteiger partial charge in [-0.2, -0.15) is 0 Å². The molecule has 4 nitrogen and oxygen atoms in total. The summed E-state index contributed by atoms with van der Waals surface area (Å²) in [6.07, 6.45) is 1.86. The van der Waals surface area contributed by atoms with Crippen LogP contribution in [-0.2, 0) is 0 Å². The summed E-state index contributed by atoms with van der Waals surface area (Å²) in [5.41, 5.74) is 5.55. The van der Waals surface area contributed by atoms with E-state index < -0.39 is 0 Å². The highest BCUT2D eigenvalue weighted by molar-refractivity contribution is 7.13. The predicted octanol–water partition coefficient (Wildman–Crippen LogP) is 7.13. The van der Waals surface area contributed by atoms with E-state index in [1.54, 1.807) is 23.5 Å². The van der Waals surface area contributed by atoms with E-state index in [4.69, 9.17) is 16.6 Å². The van der Waals surface area contributed by atoms with Crippen LogP contribution < -0.4 is 5.32 Å². The highest BCUT2D eigenvalue weighted by Gasteiger charge is 2.15. The molecule has 0 aliphatic carbocycles. The van der Waals surface area contributed by atoms with Gasteiger partial charge in [0, 0.05) is 33.2 Å². The van der Waals surface area contributed by atoms with Gasteiger partial charge in [-0.3, -0.25) is 4.98 Å². The van der Waals surface area contributed by atoms with Gasteiger partial charge in [0.1, 0.15) is 10.8 Å². The number of aromatic nitrogens is 2. The smallest absolute Gasteiger partial charge is 0.127 e. The zero-order valence-electron chi connectivity index (χ0n) is 15.7. The number of rotatable bonds is 4. The van der Waals surface area contributed by atoms with Crippen LogP contribution in [-0.4, -0.2) is 15.1 Å². The molecule has 0 saturated heterocycles. The van der Waals surface area contributed by atoms with Crippen molar-refractivity contribution < 1.29 is 5.11 Å². The summed E-state index contributed by atoms with van der Waals surface area (Å²) in [6, 6.07) is 22.7. The third-order valence-corrected chi connectivity index (χ3v) is 5.91. The zero-order chi connectivity index (χ0) is 20.5. The number of para-hydroxylation sites is 1. The van der Waals surface area contributed by atoms with Gasteiger partial charge in [0.2, 0.25) is 0 Å². The van der Waals surface area contributed by atoms with Gasteiger partial charge in [-0.05, 0) is 42.5 Å². The lowest BCUT2D eigenvalue weighted by molar-refractivity contribution is 0.475. The molecule has 0 aliphatic heterocycles. The number of anilines is 2. The molecule has 0 radical (unpaired) electrons. The third-order valence-electron chi connectivity index (χ3n) is 4.79. The molecule has 30 heavy (non-hydrogen) atoms. The molecule has 0 saturated carbocycles. The number of hydrogen-bond acceptors (Lipinski definition) is 5. The zero-order valence-corrected chi connectivity index (χ0v) is 17.3. The van der Waals surface area contributed by atoms with E-state index in [2.05, 4.69) is 10.3 Å². The summed E-state index contributed by atoms with van der Waals surface area (Å²) in [5.74, 6) is 0.230. The maximum absolute atomic E-state index is 9.60. The second-order valence-corrected chi connectivity index (χ2v) is 8.08. The number of phenols is 1. The molecule has 3 aromatic carbocycles. The van der Waals surface area contributed by atoms with E-state index in [1.165, 1.54) is 0 Å². The van der Waals surface area contributed by atoms with E-state index in [-0.39, 0.29) is 5.75 Å². The van der Waals surface area contributed by atoms with Gasteiger partial charge >= 0.3 is 0 Å². The Bertz CT molecular complexity index is 1330. The van der Waals surface area contributed by atoms with E-state index in [1.807, 2.05) is 72.2 Å². The fraction of sp³-hybridized carbons (Fsp3) is 0. The number of phenolic OH excluding ortho intramolecular Hbond substituents is 1. The number of halogens is 1. The van der Waals surface area contributed by atoms with Crippen LogP contribution in [0.2, 0.25) is 5.02 Å². The van der Waals surface area contributed by atoms with Crippen LogP contribution >= 0.6 is 22.9 Å². The van der Waals surface area contributed by atoms with E-state index in [0.717, 1.165) is 44.1 Å². The molecule has 0 spiro atoms. The molecule has 2 N–H and O–H groups in total. The molecule has 146 valence electrons. The van der Waals surface area contributed by atoms with Crippen molar-refractivity contribution in [2.45, 2.75) is 0 Å². The van der Waals surface area contributed by atoms with Crippen molar-refractivity contribution >= 4 is 45.2 Å². The fourth-order valence-corrected chi connectivity index (χ4v) is 4.25. The Labute approximate surface area is 182 Å². The first-order chi connectivity index (χ1) is 14.7. The Kier molecular flexibility index (Phi) is 4.83. The molecule has 5 aromatic rings. The highest BCUT2D eigenvalue weighted by Crippen LogP contribution is 2.38. The van der Waals surface area contributed by atoms with Crippen molar-refractivity contribution in [2.75, 3.05) is 5.32 Å². The average molecular weight is 430 g/mol. The molecule has 0 aliphatic rings. The van der Waals surface area contributed by atoms with Crippen LogP contribution in [0.5, 0.6) is 5.75 Å². The minimum absolute atomic E-state index is 0.230. The molecule has 0 fully saturated rings. The Morgan fingerprint density at radius 1 is 0.900 bits per heavy atom. The summed E-state index contributed by atoms with van der Waals surface area (Å²) in [7, 11) is 0. The Hall–Kier alpha value is -3.41. The lowest BCUT2D eigenvalue weighted by atomic mass is 10.1. The molecule has 2 aromatic heterocycles. The third kappa shape index (κ3) is 3.61. The number of aromatic hydroxyl groups is 1. The van der Waals surface area contributed by atoms with Crippen molar-refractivity contribution in [1.29, 1.82) is 0 Å². The molecule has 0 bridgehead atoms. The van der Waals surface area contributed by atoms with Gasteiger partial charge in [-0.1, -0.05) is 41.9 Å². The van der Waals surface area contributed by atoms with Crippen molar-refractivity contribution in [3.05, 3.63) is 89.4 Å². The maximum atomic E-state index is 9.60. The lowest BCUT2D eigenvalue weighted by Crippen LogP contribution is -1.96. The van der Waals surface area contributed by atoms with Crippen LogP contribution in [0.1, 0.15) is 0 Å². The minimum atomic E-state index is 0.230. The number of benzene rings is 3. The average Bonchev–Trinajstić information content (AvgIpc) is 3.26. The molecule has 0 atom stereocenters. The predicted molar refractivity (Wildman–Crippen MR) is 125 cm³/mol. The first kappa shape index (κ1) is 18.6. The molecule has 0 amide bonds. The van der Waals surface area contributed by atoms with Crippen molar-refractivity contribution in [1.82, 2.24) is 9.97 Å². The standard InChI is InChI=1S/C24H16ClN3OS/c25-16-7-5-15(6-8-16)22-14-30-24(28-22)20-13-26-21-4-2-1-3-19(21)23(20)27-17-9-11-18(29)12-10-17/h1-14,29H,(H,26,27). The second kappa shape index (κ2) is 7.78. The first-order valence-corrected chi connectivity index (χ1v) is 10.6. The Morgan fingerprint density at radius 2 is 1.67 bits per heavy atom. The number of thiazole rings is 1. The van der Waals surface area contributed by atoms with Gasteiger partial charge in [0.15, 0.2) is 0 Å². The highest BCUT2D eigenvalue weighted by atomic mass is 35.5. The molecular formula is C24H16ClN3OS. The Morgan fingerprint density at radius 3 is 2.47 bits per heavy atom. The topological polar surface area (TPSA) is 58.0 Å². The maximum Gasteiger partial charge on any atom is 0.127 e. The van der Waals surface area contributed by atoms with Crippen LogP contribution in [0.4, 0.5) is 11.4 Å². The monoisotopic (exact) mass is 429 g/mol. The molecule has 0 unspecified atom stereocenters. The normalized spacial score (nSPS) is 11.0. The van der Waals surface area contributed by atoms with Crippen LogP contribution in [0.25, 0.3) is 32.7 Å². The van der Waals surface area contributed by atoms with Gasteiger partial charge in [-0.25, -0.2) is 4.98 Å². The van der Waals surface area contributed by atoms with Gasteiger partial charge < -0.3 is 10.4 Å². The SMILES string of the molecule is Oc1ccc(Nc2c(-c3nc(-c4ccc(Cl)cc4)cs3)cnc3ccccc23)cc1. The van der Waals surface area contributed by atoms with E-state index in [0.29, 0.717) is 5.02 Å². The first-order valence-electron chi connectivity index (χ1n) is 9.33. The van der Waals surface area contributed by atoms with Crippen molar-refractivity contribution in [3.63, 3.8) is 0 Å². The van der Waals surface area contributed by atoms with Gasteiger partial charge in [0.05, 0.1) is 22.5 Å². The number of nitrogens with one attached hydrogen (secondary N) is 1. The van der Waals surface area contributed by atoms with E-state index in [9.17, 15) is 5.11 Å². The quantitative estimate of drug-likeness (QED) is 0.298. The second-order valence-electron chi connectivity index (χ2n) is 6.78. The van der Waals surface area contributed by atoms with Gasteiger partial charge in [0.25, 0.3) is 0 Å².